The van der Waals surface area contributed by atoms with E-state index in [1.165, 1.54) is 0 Å². The van der Waals surface area contributed by atoms with Gasteiger partial charge in [-0.15, -0.1) is 0 Å². The Labute approximate surface area is 183 Å². The van der Waals surface area contributed by atoms with Crippen molar-refractivity contribution in [1.82, 2.24) is 5.32 Å². The zero-order chi connectivity index (χ0) is 22.2. The van der Waals surface area contributed by atoms with Crippen molar-refractivity contribution in [2.45, 2.75) is 45.8 Å². The molecule has 2 N–H and O–H groups in total. The Kier molecular flexibility index (Phi) is 7.76. The van der Waals surface area contributed by atoms with E-state index in [9.17, 15) is 9.59 Å². The van der Waals surface area contributed by atoms with Crippen molar-refractivity contribution in [3.05, 3.63) is 48.5 Å². The summed E-state index contributed by atoms with van der Waals surface area (Å²) in [5.74, 6) is 0.877. The number of anilines is 2. The number of hydrogen-bond donors (Lipinski definition) is 2. The Morgan fingerprint density at radius 3 is 2.55 bits per heavy atom. The molecule has 2 amide bonds. The summed E-state index contributed by atoms with van der Waals surface area (Å²) in [7, 11) is 0. The van der Waals surface area contributed by atoms with Crippen LogP contribution in [0.15, 0.2) is 48.5 Å². The van der Waals surface area contributed by atoms with Crippen LogP contribution < -0.4 is 25.0 Å². The Morgan fingerprint density at radius 1 is 1.10 bits per heavy atom. The van der Waals surface area contributed by atoms with Crippen LogP contribution in [0.5, 0.6) is 11.5 Å². The lowest BCUT2D eigenvalue weighted by molar-refractivity contribution is -0.129. The summed E-state index contributed by atoms with van der Waals surface area (Å²) in [6, 6.07) is 14.9. The maximum Gasteiger partial charge on any atom is 0.263 e. The standard InChI is InChI=1S/C24H31N3O4/c1-4-17(5-2)25-24(29)22-15-27(19-12-8-10-14-21(19)31-22)16-23(28)26-18-11-7-9-13-20(18)30-6-3/h7-14,17,22H,4-6,15-16H2,1-3H3,(H,25,29)(H,26,28). The lowest BCUT2D eigenvalue weighted by Gasteiger charge is -2.35. The van der Waals surface area contributed by atoms with Gasteiger partial charge in [0, 0.05) is 6.04 Å². The van der Waals surface area contributed by atoms with Crippen LogP contribution in [0.2, 0.25) is 0 Å². The van der Waals surface area contributed by atoms with E-state index < -0.39 is 6.10 Å². The summed E-state index contributed by atoms with van der Waals surface area (Å²) in [5.41, 5.74) is 1.42. The van der Waals surface area contributed by atoms with Gasteiger partial charge in [0.1, 0.15) is 11.5 Å². The summed E-state index contributed by atoms with van der Waals surface area (Å²) in [4.78, 5) is 27.5. The molecule has 1 heterocycles. The van der Waals surface area contributed by atoms with Crippen molar-refractivity contribution in [3.63, 3.8) is 0 Å². The van der Waals surface area contributed by atoms with Gasteiger partial charge in [0.2, 0.25) is 5.91 Å². The quantitative estimate of drug-likeness (QED) is 0.642. The SMILES string of the molecule is CCOc1ccccc1NC(=O)CN1CC(C(=O)NC(CC)CC)Oc2ccccc21. The van der Waals surface area contributed by atoms with Gasteiger partial charge in [-0.2, -0.15) is 0 Å². The molecule has 31 heavy (non-hydrogen) atoms. The molecule has 0 saturated carbocycles. The number of benzene rings is 2. The molecule has 2 aromatic carbocycles. The predicted octanol–water partition coefficient (Wildman–Crippen LogP) is 3.60. The molecule has 0 bridgehead atoms. The van der Waals surface area contributed by atoms with Gasteiger partial charge in [-0.3, -0.25) is 9.59 Å². The van der Waals surface area contributed by atoms with Crippen molar-refractivity contribution in [2.24, 2.45) is 0 Å². The van der Waals surface area contributed by atoms with Crippen LogP contribution >= 0.6 is 0 Å². The average Bonchev–Trinajstić information content (AvgIpc) is 2.78. The second-order valence-corrected chi connectivity index (χ2v) is 7.45. The van der Waals surface area contributed by atoms with E-state index >= 15 is 0 Å². The maximum absolute atomic E-state index is 12.8. The first-order valence-electron chi connectivity index (χ1n) is 10.9. The fourth-order valence-corrected chi connectivity index (χ4v) is 3.59. The number of rotatable bonds is 9. The number of ether oxygens (including phenoxy) is 2. The molecular formula is C24H31N3O4. The molecule has 3 rings (SSSR count). The number of carbonyl (C=O) groups excluding carboxylic acids is 2. The second-order valence-electron chi connectivity index (χ2n) is 7.45. The third-order valence-corrected chi connectivity index (χ3v) is 5.28. The molecular weight excluding hydrogens is 394 g/mol. The first-order valence-corrected chi connectivity index (χ1v) is 10.9. The molecule has 7 heteroatoms. The Morgan fingerprint density at radius 2 is 1.81 bits per heavy atom. The van der Waals surface area contributed by atoms with Crippen LogP contribution in [0.4, 0.5) is 11.4 Å². The van der Waals surface area contributed by atoms with Crippen molar-refractivity contribution in [2.75, 3.05) is 29.9 Å². The van der Waals surface area contributed by atoms with Gasteiger partial charge < -0.3 is 25.0 Å². The Balaban J connectivity index is 1.73. The van der Waals surface area contributed by atoms with Crippen molar-refractivity contribution in [1.29, 1.82) is 0 Å². The van der Waals surface area contributed by atoms with Crippen molar-refractivity contribution < 1.29 is 19.1 Å². The Bertz CT molecular complexity index is 898. The molecule has 1 aliphatic rings. The van der Waals surface area contributed by atoms with Gasteiger partial charge in [-0.05, 0) is 44.0 Å². The lowest BCUT2D eigenvalue weighted by atomic mass is 10.1. The third kappa shape index (κ3) is 5.69. The molecule has 0 radical (unpaired) electrons. The second kappa shape index (κ2) is 10.7. The monoisotopic (exact) mass is 425 g/mol. The maximum atomic E-state index is 12.8. The van der Waals surface area contributed by atoms with E-state index in [-0.39, 0.29) is 24.4 Å². The van der Waals surface area contributed by atoms with E-state index in [1.807, 2.05) is 74.2 Å². The van der Waals surface area contributed by atoms with E-state index in [4.69, 9.17) is 9.47 Å². The van der Waals surface area contributed by atoms with E-state index in [2.05, 4.69) is 10.6 Å². The lowest BCUT2D eigenvalue weighted by Crippen LogP contribution is -2.52. The van der Waals surface area contributed by atoms with Gasteiger partial charge >= 0.3 is 0 Å². The van der Waals surface area contributed by atoms with Crippen LogP contribution in [0, 0.1) is 0 Å². The minimum atomic E-state index is -0.681. The molecule has 0 fully saturated rings. The summed E-state index contributed by atoms with van der Waals surface area (Å²) in [6.45, 7) is 6.89. The fourth-order valence-electron chi connectivity index (χ4n) is 3.59. The highest BCUT2D eigenvalue weighted by Crippen LogP contribution is 2.33. The van der Waals surface area contributed by atoms with E-state index in [0.29, 0.717) is 30.3 Å². The number of hydrogen-bond acceptors (Lipinski definition) is 5. The van der Waals surface area contributed by atoms with Gasteiger partial charge in [0.15, 0.2) is 6.10 Å². The molecule has 7 nitrogen and oxygen atoms in total. The van der Waals surface area contributed by atoms with Gasteiger partial charge in [0.05, 0.1) is 31.1 Å². The molecule has 1 unspecified atom stereocenters. The number of carbonyl (C=O) groups is 2. The fraction of sp³-hybridized carbons (Fsp3) is 0.417. The number of para-hydroxylation sites is 4. The third-order valence-electron chi connectivity index (χ3n) is 5.28. The highest BCUT2D eigenvalue weighted by atomic mass is 16.5. The summed E-state index contributed by atoms with van der Waals surface area (Å²) in [6.07, 6.45) is 1.03. The van der Waals surface area contributed by atoms with E-state index in [0.717, 1.165) is 18.5 Å². The first-order chi connectivity index (χ1) is 15.0. The van der Waals surface area contributed by atoms with Gasteiger partial charge in [-0.25, -0.2) is 0 Å². The molecule has 0 aromatic heterocycles. The Hall–Kier alpha value is -3.22. The zero-order valence-corrected chi connectivity index (χ0v) is 18.4. The number of amides is 2. The molecule has 1 aliphatic heterocycles. The van der Waals surface area contributed by atoms with Gasteiger partial charge in [-0.1, -0.05) is 38.1 Å². The predicted molar refractivity (Wildman–Crippen MR) is 122 cm³/mol. The molecule has 166 valence electrons. The number of nitrogens with one attached hydrogen (secondary N) is 2. The largest absolute Gasteiger partial charge is 0.492 e. The smallest absolute Gasteiger partial charge is 0.263 e. The van der Waals surface area contributed by atoms with Crippen LogP contribution in [-0.2, 0) is 9.59 Å². The van der Waals surface area contributed by atoms with Crippen LogP contribution in [0.3, 0.4) is 0 Å². The number of nitrogens with zero attached hydrogens (tertiary/aromatic N) is 1. The first kappa shape index (κ1) is 22.5. The zero-order valence-electron chi connectivity index (χ0n) is 18.4. The minimum Gasteiger partial charge on any atom is -0.492 e. The molecule has 1 atom stereocenters. The molecule has 0 spiro atoms. The van der Waals surface area contributed by atoms with Crippen molar-refractivity contribution >= 4 is 23.2 Å². The molecule has 0 saturated heterocycles. The van der Waals surface area contributed by atoms with Crippen LogP contribution in [0.1, 0.15) is 33.6 Å². The molecule has 0 aliphatic carbocycles. The highest BCUT2D eigenvalue weighted by molar-refractivity contribution is 5.96. The van der Waals surface area contributed by atoms with Crippen LogP contribution in [0.25, 0.3) is 0 Å². The number of fused-ring (bicyclic) bond motifs is 1. The van der Waals surface area contributed by atoms with E-state index in [1.54, 1.807) is 0 Å². The van der Waals surface area contributed by atoms with Crippen LogP contribution in [-0.4, -0.2) is 43.7 Å². The molecule has 2 aromatic rings. The minimum absolute atomic E-state index is 0.0929. The summed E-state index contributed by atoms with van der Waals surface area (Å²) in [5, 5.41) is 5.97. The summed E-state index contributed by atoms with van der Waals surface area (Å²) < 4.78 is 11.5. The van der Waals surface area contributed by atoms with Crippen molar-refractivity contribution in [3.8, 4) is 11.5 Å². The topological polar surface area (TPSA) is 79.9 Å². The summed E-state index contributed by atoms with van der Waals surface area (Å²) >= 11 is 0. The highest BCUT2D eigenvalue weighted by Gasteiger charge is 2.32. The normalized spacial score (nSPS) is 15.1. The average molecular weight is 426 g/mol. The van der Waals surface area contributed by atoms with Gasteiger partial charge in [0.25, 0.3) is 5.91 Å².